The van der Waals surface area contributed by atoms with Gasteiger partial charge in [-0.05, 0) is 42.7 Å². The van der Waals surface area contributed by atoms with Crippen LogP contribution in [0.1, 0.15) is 18.9 Å². The van der Waals surface area contributed by atoms with Crippen molar-refractivity contribution in [1.29, 1.82) is 0 Å². The van der Waals surface area contributed by atoms with Crippen LogP contribution < -0.4 is 10.5 Å². The molecule has 0 saturated heterocycles. The molecule has 0 aliphatic rings. The molecule has 0 aromatic heterocycles. The van der Waals surface area contributed by atoms with Crippen molar-refractivity contribution in [2.75, 3.05) is 0 Å². The summed E-state index contributed by atoms with van der Waals surface area (Å²) in [5.74, 6) is 1.15. The van der Waals surface area contributed by atoms with Gasteiger partial charge in [0.15, 0.2) is 0 Å². The van der Waals surface area contributed by atoms with Crippen LogP contribution >= 0.6 is 34.8 Å². The van der Waals surface area contributed by atoms with Gasteiger partial charge in [0, 0.05) is 16.1 Å². The number of hydrogen-bond acceptors (Lipinski definition) is 2. The van der Waals surface area contributed by atoms with Gasteiger partial charge in [-0.3, -0.25) is 0 Å². The van der Waals surface area contributed by atoms with Crippen LogP contribution in [0.3, 0.4) is 0 Å². The van der Waals surface area contributed by atoms with Gasteiger partial charge < -0.3 is 10.5 Å². The standard InChI is InChI=1S/C16H16Cl3NO/c1-2-13(20)6-10-4-3-5-15(19)16(10)21-14-8-11(17)7-12(18)9-14/h3-5,7-9,13H,2,6,20H2,1H3. The second-order valence-corrected chi connectivity index (χ2v) is 6.09. The lowest BCUT2D eigenvalue weighted by Crippen LogP contribution is -2.21. The van der Waals surface area contributed by atoms with E-state index in [4.69, 9.17) is 45.3 Å². The SMILES string of the molecule is CCC(N)Cc1cccc(Cl)c1Oc1cc(Cl)cc(Cl)c1. The van der Waals surface area contributed by atoms with Gasteiger partial charge in [-0.1, -0.05) is 53.9 Å². The van der Waals surface area contributed by atoms with Crippen LogP contribution in [0.4, 0.5) is 0 Å². The van der Waals surface area contributed by atoms with Crippen molar-refractivity contribution in [3.8, 4) is 11.5 Å². The first-order chi connectivity index (χ1) is 9.99. The molecule has 0 bridgehead atoms. The van der Waals surface area contributed by atoms with E-state index in [0.29, 0.717) is 33.0 Å². The van der Waals surface area contributed by atoms with E-state index in [1.807, 2.05) is 19.1 Å². The molecule has 1 atom stereocenters. The highest BCUT2D eigenvalue weighted by molar-refractivity contribution is 6.34. The highest BCUT2D eigenvalue weighted by Crippen LogP contribution is 2.35. The smallest absolute Gasteiger partial charge is 0.149 e. The van der Waals surface area contributed by atoms with Crippen molar-refractivity contribution in [2.24, 2.45) is 5.73 Å². The van der Waals surface area contributed by atoms with E-state index < -0.39 is 0 Å². The summed E-state index contributed by atoms with van der Waals surface area (Å²) in [5, 5.41) is 1.56. The third-order valence-corrected chi connectivity index (χ3v) is 3.85. The maximum Gasteiger partial charge on any atom is 0.149 e. The fraction of sp³-hybridized carbons (Fsp3) is 0.250. The lowest BCUT2D eigenvalue weighted by Gasteiger charge is -2.15. The summed E-state index contributed by atoms with van der Waals surface area (Å²) in [7, 11) is 0. The van der Waals surface area contributed by atoms with Gasteiger partial charge in [-0.15, -0.1) is 0 Å². The number of benzene rings is 2. The molecule has 0 amide bonds. The molecule has 0 saturated carbocycles. The first-order valence-corrected chi connectivity index (χ1v) is 7.80. The fourth-order valence-corrected chi connectivity index (χ4v) is 2.70. The molecule has 0 fully saturated rings. The van der Waals surface area contributed by atoms with E-state index >= 15 is 0 Å². The normalized spacial score (nSPS) is 12.2. The molecule has 2 rings (SSSR count). The maximum absolute atomic E-state index is 6.25. The van der Waals surface area contributed by atoms with Crippen molar-refractivity contribution in [3.05, 3.63) is 57.0 Å². The number of halogens is 3. The van der Waals surface area contributed by atoms with E-state index in [2.05, 4.69) is 0 Å². The van der Waals surface area contributed by atoms with Crippen LogP contribution in [0.25, 0.3) is 0 Å². The molecular weight excluding hydrogens is 329 g/mol. The van der Waals surface area contributed by atoms with E-state index in [1.54, 1.807) is 24.3 Å². The molecule has 2 aromatic carbocycles. The van der Waals surface area contributed by atoms with Crippen LogP contribution in [-0.2, 0) is 6.42 Å². The Morgan fingerprint density at radius 2 is 1.76 bits per heavy atom. The summed E-state index contributed by atoms with van der Waals surface area (Å²) in [5.41, 5.74) is 6.99. The van der Waals surface area contributed by atoms with Crippen molar-refractivity contribution < 1.29 is 4.74 Å². The third-order valence-electron chi connectivity index (χ3n) is 3.11. The molecule has 2 N–H and O–H groups in total. The molecule has 0 radical (unpaired) electrons. The predicted molar refractivity (Wildman–Crippen MR) is 90.0 cm³/mol. The molecule has 0 aliphatic carbocycles. The van der Waals surface area contributed by atoms with Crippen molar-refractivity contribution in [3.63, 3.8) is 0 Å². The maximum atomic E-state index is 6.25. The molecule has 21 heavy (non-hydrogen) atoms. The minimum Gasteiger partial charge on any atom is -0.455 e. The van der Waals surface area contributed by atoms with E-state index in [9.17, 15) is 0 Å². The quantitative estimate of drug-likeness (QED) is 0.753. The summed E-state index contributed by atoms with van der Waals surface area (Å²) < 4.78 is 5.89. The molecule has 0 spiro atoms. The average Bonchev–Trinajstić information content (AvgIpc) is 2.41. The predicted octanol–water partition coefficient (Wildman–Crippen LogP) is 5.72. The molecule has 112 valence electrons. The first kappa shape index (κ1) is 16.4. The van der Waals surface area contributed by atoms with Gasteiger partial charge >= 0.3 is 0 Å². The van der Waals surface area contributed by atoms with Crippen molar-refractivity contribution in [1.82, 2.24) is 0 Å². The zero-order chi connectivity index (χ0) is 15.4. The summed E-state index contributed by atoms with van der Waals surface area (Å²) in [6.45, 7) is 2.05. The Balaban J connectivity index is 2.34. The minimum absolute atomic E-state index is 0.0637. The highest BCUT2D eigenvalue weighted by Gasteiger charge is 2.13. The summed E-state index contributed by atoms with van der Waals surface area (Å²) in [6, 6.07) is 10.7. The Bertz CT molecular complexity index is 611. The Hall–Kier alpha value is -0.930. The Kier molecular flexibility index (Phi) is 5.77. The number of para-hydroxylation sites is 1. The molecule has 0 heterocycles. The van der Waals surface area contributed by atoms with Crippen LogP contribution in [0.5, 0.6) is 11.5 Å². The Morgan fingerprint density at radius 3 is 2.38 bits per heavy atom. The number of nitrogens with two attached hydrogens (primary N) is 1. The summed E-state index contributed by atoms with van der Waals surface area (Å²) in [6.07, 6.45) is 1.58. The monoisotopic (exact) mass is 343 g/mol. The second kappa shape index (κ2) is 7.37. The molecule has 0 aliphatic heterocycles. The van der Waals surface area contributed by atoms with Crippen LogP contribution in [0.2, 0.25) is 15.1 Å². The van der Waals surface area contributed by atoms with Gasteiger partial charge in [0.25, 0.3) is 0 Å². The van der Waals surface area contributed by atoms with Crippen LogP contribution in [0, 0.1) is 0 Å². The van der Waals surface area contributed by atoms with Crippen molar-refractivity contribution in [2.45, 2.75) is 25.8 Å². The van der Waals surface area contributed by atoms with Gasteiger partial charge in [0.2, 0.25) is 0 Å². The van der Waals surface area contributed by atoms with Crippen molar-refractivity contribution >= 4 is 34.8 Å². The first-order valence-electron chi connectivity index (χ1n) is 6.66. The zero-order valence-corrected chi connectivity index (χ0v) is 13.8. The molecule has 2 nitrogen and oxygen atoms in total. The zero-order valence-electron chi connectivity index (χ0n) is 11.6. The van der Waals surface area contributed by atoms with E-state index in [0.717, 1.165) is 12.0 Å². The third kappa shape index (κ3) is 4.52. The van der Waals surface area contributed by atoms with Crippen LogP contribution in [-0.4, -0.2) is 6.04 Å². The summed E-state index contributed by atoms with van der Waals surface area (Å²) in [4.78, 5) is 0. The topological polar surface area (TPSA) is 35.2 Å². The Labute approximate surface area is 139 Å². The number of ether oxygens (including phenoxy) is 1. The lowest BCUT2D eigenvalue weighted by molar-refractivity contribution is 0.472. The second-order valence-electron chi connectivity index (χ2n) is 4.81. The van der Waals surface area contributed by atoms with Gasteiger partial charge in [-0.25, -0.2) is 0 Å². The fourth-order valence-electron chi connectivity index (χ4n) is 1.96. The van der Waals surface area contributed by atoms with E-state index in [1.165, 1.54) is 0 Å². The highest BCUT2D eigenvalue weighted by atomic mass is 35.5. The number of rotatable bonds is 5. The largest absolute Gasteiger partial charge is 0.455 e. The van der Waals surface area contributed by atoms with Gasteiger partial charge in [0.1, 0.15) is 11.5 Å². The lowest BCUT2D eigenvalue weighted by atomic mass is 10.0. The average molecular weight is 345 g/mol. The minimum atomic E-state index is 0.0637. The van der Waals surface area contributed by atoms with Crippen LogP contribution in [0.15, 0.2) is 36.4 Å². The van der Waals surface area contributed by atoms with Gasteiger partial charge in [-0.2, -0.15) is 0 Å². The number of hydrogen-bond donors (Lipinski definition) is 1. The summed E-state index contributed by atoms with van der Waals surface area (Å²) >= 11 is 18.2. The van der Waals surface area contributed by atoms with E-state index in [-0.39, 0.29) is 6.04 Å². The molecule has 1 unspecified atom stereocenters. The molecular formula is C16H16Cl3NO. The van der Waals surface area contributed by atoms with Gasteiger partial charge in [0.05, 0.1) is 5.02 Å². The Morgan fingerprint density at radius 1 is 1.10 bits per heavy atom. The molecule has 5 heteroatoms. The molecule has 2 aromatic rings.